The smallest absolute Gasteiger partial charge is 0.267 e. The highest BCUT2D eigenvalue weighted by atomic mass is 16.1. The molecule has 1 aliphatic carbocycles. The van der Waals surface area contributed by atoms with Crippen molar-refractivity contribution in [3.63, 3.8) is 0 Å². The largest absolute Gasteiger partial charge is 0.367 e. The molecule has 0 atom stereocenters. The first-order valence-electron chi connectivity index (χ1n) is 9.56. The number of fused-ring (bicyclic) bond motifs is 2. The molecule has 3 aromatic rings. The number of anilines is 1. The van der Waals surface area contributed by atoms with Crippen molar-refractivity contribution in [3.8, 4) is 0 Å². The first-order chi connectivity index (χ1) is 13.6. The predicted octanol–water partition coefficient (Wildman–Crippen LogP) is 2.82. The average molecular weight is 377 g/mol. The summed E-state index contributed by atoms with van der Waals surface area (Å²) < 4.78 is 1.49. The SMILES string of the molecule is C=CCNC(=O)c1cc2c(=O)n3cc(C)ccc3nc2nc1NC1CCCC1. The van der Waals surface area contributed by atoms with Crippen LogP contribution in [0.15, 0.2) is 41.8 Å². The van der Waals surface area contributed by atoms with Crippen LogP contribution in [-0.4, -0.2) is 32.9 Å². The number of rotatable bonds is 5. The Kier molecular flexibility index (Phi) is 4.81. The number of carbonyl (C=O) groups excluding carboxylic acids is 1. The van der Waals surface area contributed by atoms with Gasteiger partial charge in [0.05, 0.1) is 10.9 Å². The Morgan fingerprint density at radius 3 is 2.86 bits per heavy atom. The minimum absolute atomic E-state index is 0.235. The molecule has 1 aliphatic rings. The molecule has 3 aromatic heterocycles. The Morgan fingerprint density at radius 2 is 2.11 bits per heavy atom. The lowest BCUT2D eigenvalue weighted by Gasteiger charge is -2.16. The Hall–Kier alpha value is -3.22. The topological polar surface area (TPSA) is 88.4 Å². The molecule has 3 heterocycles. The van der Waals surface area contributed by atoms with Gasteiger partial charge in [0.1, 0.15) is 11.5 Å². The zero-order valence-electron chi connectivity index (χ0n) is 15.9. The number of pyridine rings is 2. The van der Waals surface area contributed by atoms with Gasteiger partial charge in [-0.15, -0.1) is 6.58 Å². The molecule has 0 aromatic carbocycles. The van der Waals surface area contributed by atoms with E-state index in [1.807, 2.05) is 13.0 Å². The number of nitrogens with one attached hydrogen (secondary N) is 2. The first-order valence-corrected chi connectivity index (χ1v) is 9.56. The molecule has 2 N–H and O–H groups in total. The zero-order chi connectivity index (χ0) is 19.7. The van der Waals surface area contributed by atoms with Crippen LogP contribution in [0.5, 0.6) is 0 Å². The van der Waals surface area contributed by atoms with Gasteiger partial charge in [0.15, 0.2) is 5.65 Å². The molecule has 0 saturated heterocycles. The lowest BCUT2D eigenvalue weighted by Crippen LogP contribution is -2.27. The summed E-state index contributed by atoms with van der Waals surface area (Å²) in [5.41, 5.74) is 1.95. The number of aromatic nitrogens is 3. The fraction of sp³-hybridized carbons (Fsp3) is 0.333. The van der Waals surface area contributed by atoms with Crippen LogP contribution in [0.2, 0.25) is 0 Å². The Morgan fingerprint density at radius 1 is 1.32 bits per heavy atom. The van der Waals surface area contributed by atoms with Crippen LogP contribution in [0.4, 0.5) is 5.82 Å². The third-order valence-electron chi connectivity index (χ3n) is 5.09. The summed E-state index contributed by atoms with van der Waals surface area (Å²) in [6, 6.07) is 5.58. The molecule has 1 amide bonds. The molecule has 144 valence electrons. The summed E-state index contributed by atoms with van der Waals surface area (Å²) in [6.07, 6.45) is 7.76. The van der Waals surface area contributed by atoms with Gasteiger partial charge in [0, 0.05) is 18.8 Å². The van der Waals surface area contributed by atoms with Gasteiger partial charge in [-0.2, -0.15) is 0 Å². The van der Waals surface area contributed by atoms with Gasteiger partial charge in [0.2, 0.25) is 0 Å². The maximum absolute atomic E-state index is 13.0. The molecule has 0 aliphatic heterocycles. The fourth-order valence-corrected chi connectivity index (χ4v) is 3.64. The maximum Gasteiger partial charge on any atom is 0.267 e. The van der Waals surface area contributed by atoms with Crippen molar-refractivity contribution >= 4 is 28.4 Å². The van der Waals surface area contributed by atoms with Crippen LogP contribution < -0.4 is 16.2 Å². The lowest BCUT2D eigenvalue weighted by molar-refractivity contribution is 0.0958. The average Bonchev–Trinajstić information content (AvgIpc) is 3.19. The van der Waals surface area contributed by atoms with Gasteiger partial charge in [0.25, 0.3) is 11.5 Å². The number of aryl methyl sites for hydroxylation is 1. The predicted molar refractivity (Wildman–Crippen MR) is 110 cm³/mol. The second-order valence-electron chi connectivity index (χ2n) is 7.23. The Balaban J connectivity index is 1.89. The number of carbonyl (C=O) groups is 1. The molecule has 7 nitrogen and oxygen atoms in total. The molecule has 0 radical (unpaired) electrons. The quantitative estimate of drug-likeness (QED) is 0.527. The van der Waals surface area contributed by atoms with Gasteiger partial charge in [-0.25, -0.2) is 9.97 Å². The van der Waals surface area contributed by atoms with E-state index in [1.54, 1.807) is 24.4 Å². The van der Waals surface area contributed by atoms with Crippen molar-refractivity contribution < 1.29 is 4.79 Å². The van der Waals surface area contributed by atoms with Crippen LogP contribution in [0.25, 0.3) is 16.7 Å². The molecule has 0 spiro atoms. The Bertz CT molecular complexity index is 1130. The van der Waals surface area contributed by atoms with Crippen LogP contribution in [-0.2, 0) is 0 Å². The lowest BCUT2D eigenvalue weighted by atomic mass is 10.1. The molecule has 4 rings (SSSR count). The van der Waals surface area contributed by atoms with Crippen molar-refractivity contribution in [3.05, 3.63) is 58.5 Å². The molecular formula is C21H23N5O2. The molecule has 7 heteroatoms. The van der Waals surface area contributed by atoms with Crippen LogP contribution in [0, 0.1) is 6.92 Å². The summed E-state index contributed by atoms with van der Waals surface area (Å²) >= 11 is 0. The molecule has 1 saturated carbocycles. The highest BCUT2D eigenvalue weighted by Gasteiger charge is 2.21. The van der Waals surface area contributed by atoms with Crippen molar-refractivity contribution in [2.24, 2.45) is 0 Å². The van der Waals surface area contributed by atoms with Crippen LogP contribution in [0.1, 0.15) is 41.6 Å². The van der Waals surface area contributed by atoms with E-state index < -0.39 is 0 Å². The normalized spacial score (nSPS) is 14.5. The van der Waals surface area contributed by atoms with E-state index in [0.29, 0.717) is 34.6 Å². The maximum atomic E-state index is 13.0. The summed E-state index contributed by atoms with van der Waals surface area (Å²) in [5, 5.41) is 6.49. The minimum atomic E-state index is -0.288. The summed E-state index contributed by atoms with van der Waals surface area (Å²) in [7, 11) is 0. The minimum Gasteiger partial charge on any atom is -0.367 e. The molecule has 1 fully saturated rings. The van der Waals surface area contributed by atoms with Gasteiger partial charge in [-0.05, 0) is 37.5 Å². The molecule has 0 bridgehead atoms. The van der Waals surface area contributed by atoms with Gasteiger partial charge >= 0.3 is 0 Å². The van der Waals surface area contributed by atoms with E-state index in [0.717, 1.165) is 31.2 Å². The highest BCUT2D eigenvalue weighted by Crippen LogP contribution is 2.25. The molecule has 0 unspecified atom stereocenters. The van der Waals surface area contributed by atoms with E-state index in [1.165, 1.54) is 4.40 Å². The van der Waals surface area contributed by atoms with Crippen molar-refractivity contribution in [2.45, 2.75) is 38.6 Å². The molecule has 28 heavy (non-hydrogen) atoms. The zero-order valence-corrected chi connectivity index (χ0v) is 15.9. The second-order valence-corrected chi connectivity index (χ2v) is 7.23. The monoisotopic (exact) mass is 377 g/mol. The Labute approximate surface area is 162 Å². The van der Waals surface area contributed by atoms with Crippen molar-refractivity contribution in [1.82, 2.24) is 19.7 Å². The second kappa shape index (κ2) is 7.42. The van der Waals surface area contributed by atoms with E-state index in [4.69, 9.17) is 0 Å². The van der Waals surface area contributed by atoms with Crippen LogP contribution in [0.3, 0.4) is 0 Å². The number of hydrogen-bond acceptors (Lipinski definition) is 5. The van der Waals surface area contributed by atoms with E-state index in [2.05, 4.69) is 27.2 Å². The number of nitrogens with zero attached hydrogens (tertiary/aromatic N) is 3. The van der Waals surface area contributed by atoms with E-state index >= 15 is 0 Å². The summed E-state index contributed by atoms with van der Waals surface area (Å²) in [4.78, 5) is 34.8. The van der Waals surface area contributed by atoms with Crippen molar-refractivity contribution in [2.75, 3.05) is 11.9 Å². The number of hydrogen-bond donors (Lipinski definition) is 2. The third-order valence-corrected chi connectivity index (χ3v) is 5.09. The van der Waals surface area contributed by atoms with Crippen LogP contribution >= 0.6 is 0 Å². The van der Waals surface area contributed by atoms with Crippen molar-refractivity contribution in [1.29, 1.82) is 0 Å². The van der Waals surface area contributed by atoms with Gasteiger partial charge < -0.3 is 10.6 Å². The molecular weight excluding hydrogens is 354 g/mol. The van der Waals surface area contributed by atoms with Gasteiger partial charge in [-0.3, -0.25) is 14.0 Å². The third kappa shape index (κ3) is 3.35. The standard InChI is InChI=1S/C21H23N5O2/c1-3-10-22-20(27)15-11-16-19(25-18(15)23-14-6-4-5-7-14)24-17-9-8-13(2)12-26(17)21(16)28/h3,8-9,11-12,14H,1,4-7,10H2,2H3,(H,22,27)(H,23,25). The highest BCUT2D eigenvalue weighted by molar-refractivity contribution is 6.02. The summed E-state index contributed by atoms with van der Waals surface area (Å²) in [5.74, 6) is 0.188. The van der Waals surface area contributed by atoms with E-state index in [9.17, 15) is 9.59 Å². The van der Waals surface area contributed by atoms with E-state index in [-0.39, 0.29) is 17.5 Å². The first kappa shape index (κ1) is 18.2. The fourth-order valence-electron chi connectivity index (χ4n) is 3.64. The summed E-state index contributed by atoms with van der Waals surface area (Å²) in [6.45, 7) is 5.88. The number of amides is 1. The van der Waals surface area contributed by atoms with Gasteiger partial charge in [-0.1, -0.05) is 25.0 Å².